The Balaban J connectivity index is 2.29. The van der Waals surface area contributed by atoms with E-state index in [1.807, 2.05) is 0 Å². The molecule has 2 rings (SSSR count). The van der Waals surface area contributed by atoms with Gasteiger partial charge in [-0.1, -0.05) is 12.1 Å². The zero-order valence-electron chi connectivity index (χ0n) is 9.33. The lowest BCUT2D eigenvalue weighted by molar-refractivity contribution is 0.694. The molecule has 1 aliphatic rings. The summed E-state index contributed by atoms with van der Waals surface area (Å²) in [5.74, 6) is 0. The molecule has 1 heterocycles. The fraction of sp³-hybridized carbons (Fsp3) is 0.538. The number of aryl methyl sites for hydroxylation is 1. The summed E-state index contributed by atoms with van der Waals surface area (Å²) in [6.45, 7) is 6.81. The summed E-state index contributed by atoms with van der Waals surface area (Å²) in [6.07, 6.45) is 2.66. The van der Waals surface area contributed by atoms with Crippen molar-refractivity contribution in [2.24, 2.45) is 0 Å². The van der Waals surface area contributed by atoms with E-state index in [0.717, 1.165) is 0 Å². The van der Waals surface area contributed by atoms with Crippen molar-refractivity contribution in [1.29, 1.82) is 0 Å². The van der Waals surface area contributed by atoms with Crippen molar-refractivity contribution in [3.63, 3.8) is 0 Å². The van der Waals surface area contributed by atoms with E-state index in [1.54, 1.807) is 0 Å². The predicted octanol–water partition coefficient (Wildman–Crippen LogP) is 3.37. The molecule has 0 spiro atoms. The van der Waals surface area contributed by atoms with Crippen LogP contribution in [0.2, 0.25) is 0 Å². The van der Waals surface area contributed by atoms with Gasteiger partial charge in [-0.2, -0.15) is 0 Å². The van der Waals surface area contributed by atoms with Gasteiger partial charge in [-0.15, -0.1) is 0 Å². The van der Waals surface area contributed by atoms with Crippen LogP contribution in [0.1, 0.15) is 32.3 Å². The first kappa shape index (κ1) is 9.57. The lowest BCUT2D eigenvalue weighted by atomic mass is 10.2. The van der Waals surface area contributed by atoms with E-state index >= 15 is 0 Å². The summed E-state index contributed by atoms with van der Waals surface area (Å²) in [5, 5.41) is 0. The van der Waals surface area contributed by atoms with Crippen molar-refractivity contribution >= 4 is 5.69 Å². The van der Waals surface area contributed by atoms with Crippen LogP contribution in [-0.2, 0) is 0 Å². The summed E-state index contributed by atoms with van der Waals surface area (Å²) in [5.41, 5.74) is 2.75. The van der Waals surface area contributed by atoms with E-state index in [1.165, 1.54) is 24.1 Å². The number of hydrogen-bond donors (Lipinski definition) is 0. The first-order valence-corrected chi connectivity index (χ1v) is 5.53. The van der Waals surface area contributed by atoms with Crippen molar-refractivity contribution in [2.75, 3.05) is 4.90 Å². The van der Waals surface area contributed by atoms with Crippen LogP contribution in [-0.4, -0.2) is 12.1 Å². The molecule has 76 valence electrons. The van der Waals surface area contributed by atoms with Gasteiger partial charge in [0.05, 0.1) is 0 Å². The normalized spacial score (nSPS) is 26.9. The van der Waals surface area contributed by atoms with Gasteiger partial charge in [0.25, 0.3) is 0 Å². The third-order valence-corrected chi connectivity index (χ3v) is 3.25. The molecule has 1 heteroatoms. The Bertz CT molecular complexity index is 309. The molecule has 0 amide bonds. The van der Waals surface area contributed by atoms with E-state index in [9.17, 15) is 0 Å². The average Bonchev–Trinajstić information content (AvgIpc) is 2.46. The van der Waals surface area contributed by atoms with Crippen molar-refractivity contribution in [2.45, 2.75) is 45.7 Å². The molecule has 1 saturated heterocycles. The van der Waals surface area contributed by atoms with Crippen LogP contribution < -0.4 is 4.90 Å². The molecule has 0 bridgehead atoms. The standard InChI is InChI=1S/C13H19N/c1-10-5-4-6-13(9-10)14-11(2)7-8-12(14)3/h4-6,9,11-12H,7-8H2,1-3H3. The van der Waals surface area contributed by atoms with Gasteiger partial charge >= 0.3 is 0 Å². The highest BCUT2D eigenvalue weighted by atomic mass is 15.2. The Morgan fingerprint density at radius 3 is 2.36 bits per heavy atom. The smallest absolute Gasteiger partial charge is 0.0373 e. The Morgan fingerprint density at radius 1 is 1.14 bits per heavy atom. The van der Waals surface area contributed by atoms with Crippen molar-refractivity contribution in [1.82, 2.24) is 0 Å². The quantitative estimate of drug-likeness (QED) is 0.654. The van der Waals surface area contributed by atoms with Gasteiger partial charge in [-0.3, -0.25) is 0 Å². The summed E-state index contributed by atoms with van der Waals surface area (Å²) >= 11 is 0. The van der Waals surface area contributed by atoms with E-state index in [4.69, 9.17) is 0 Å². The highest BCUT2D eigenvalue weighted by molar-refractivity contribution is 5.51. The molecule has 1 nitrogen and oxygen atoms in total. The van der Waals surface area contributed by atoms with Gasteiger partial charge in [0.1, 0.15) is 0 Å². The molecule has 0 radical (unpaired) electrons. The van der Waals surface area contributed by atoms with E-state index in [0.29, 0.717) is 12.1 Å². The van der Waals surface area contributed by atoms with Crippen LogP contribution in [0.5, 0.6) is 0 Å². The SMILES string of the molecule is Cc1cccc(N2C(C)CCC2C)c1. The minimum atomic E-state index is 0.701. The molecule has 1 aromatic rings. The van der Waals surface area contributed by atoms with Crippen LogP contribution in [0.15, 0.2) is 24.3 Å². The fourth-order valence-electron chi connectivity index (χ4n) is 2.49. The van der Waals surface area contributed by atoms with E-state index < -0.39 is 0 Å². The summed E-state index contributed by atoms with van der Waals surface area (Å²) < 4.78 is 0. The fourth-order valence-corrected chi connectivity index (χ4v) is 2.49. The molecule has 0 saturated carbocycles. The number of hydrogen-bond acceptors (Lipinski definition) is 1. The van der Waals surface area contributed by atoms with Gasteiger partial charge in [0.2, 0.25) is 0 Å². The maximum absolute atomic E-state index is 2.55. The van der Waals surface area contributed by atoms with Crippen LogP contribution >= 0.6 is 0 Å². The molecular formula is C13H19N. The zero-order chi connectivity index (χ0) is 10.1. The Hall–Kier alpha value is -0.980. The molecule has 1 fully saturated rings. The maximum Gasteiger partial charge on any atom is 0.0373 e. The maximum atomic E-state index is 2.55. The largest absolute Gasteiger partial charge is 0.366 e. The molecule has 0 aliphatic carbocycles. The second kappa shape index (κ2) is 3.64. The van der Waals surface area contributed by atoms with Gasteiger partial charge in [-0.05, 0) is 51.3 Å². The molecule has 2 unspecified atom stereocenters. The number of anilines is 1. The van der Waals surface area contributed by atoms with Gasteiger partial charge < -0.3 is 4.90 Å². The van der Waals surface area contributed by atoms with Crippen molar-refractivity contribution < 1.29 is 0 Å². The molecule has 0 N–H and O–H groups in total. The number of nitrogens with zero attached hydrogens (tertiary/aromatic N) is 1. The zero-order valence-corrected chi connectivity index (χ0v) is 9.33. The van der Waals surface area contributed by atoms with Gasteiger partial charge in [0.15, 0.2) is 0 Å². The third-order valence-electron chi connectivity index (χ3n) is 3.25. The van der Waals surface area contributed by atoms with Gasteiger partial charge in [0, 0.05) is 17.8 Å². The van der Waals surface area contributed by atoms with Crippen LogP contribution in [0.4, 0.5) is 5.69 Å². The molecular weight excluding hydrogens is 170 g/mol. The number of benzene rings is 1. The van der Waals surface area contributed by atoms with E-state index in [2.05, 4.69) is 49.9 Å². The second-order valence-electron chi connectivity index (χ2n) is 4.52. The first-order chi connectivity index (χ1) is 6.68. The number of rotatable bonds is 1. The Labute approximate surface area is 86.7 Å². The van der Waals surface area contributed by atoms with Crippen molar-refractivity contribution in [3.8, 4) is 0 Å². The summed E-state index contributed by atoms with van der Waals surface area (Å²) in [4.78, 5) is 2.55. The van der Waals surface area contributed by atoms with E-state index in [-0.39, 0.29) is 0 Å². The minimum Gasteiger partial charge on any atom is -0.366 e. The first-order valence-electron chi connectivity index (χ1n) is 5.53. The lowest BCUT2D eigenvalue weighted by Crippen LogP contribution is -2.32. The molecule has 0 aromatic heterocycles. The summed E-state index contributed by atoms with van der Waals surface area (Å²) in [6, 6.07) is 10.2. The van der Waals surface area contributed by atoms with Gasteiger partial charge in [-0.25, -0.2) is 0 Å². The minimum absolute atomic E-state index is 0.701. The predicted molar refractivity (Wildman–Crippen MR) is 61.8 cm³/mol. The van der Waals surface area contributed by atoms with Crippen molar-refractivity contribution in [3.05, 3.63) is 29.8 Å². The average molecular weight is 189 g/mol. The van der Waals surface area contributed by atoms with Crippen LogP contribution in [0, 0.1) is 6.92 Å². The topological polar surface area (TPSA) is 3.24 Å². The van der Waals surface area contributed by atoms with Crippen LogP contribution in [0.3, 0.4) is 0 Å². The second-order valence-corrected chi connectivity index (χ2v) is 4.52. The third kappa shape index (κ3) is 1.63. The highest BCUT2D eigenvalue weighted by Crippen LogP contribution is 2.30. The summed E-state index contributed by atoms with van der Waals surface area (Å²) in [7, 11) is 0. The Kier molecular flexibility index (Phi) is 2.49. The molecule has 1 aromatic carbocycles. The monoisotopic (exact) mass is 189 g/mol. The molecule has 14 heavy (non-hydrogen) atoms. The molecule has 1 aliphatic heterocycles. The molecule has 2 atom stereocenters. The lowest BCUT2D eigenvalue weighted by Gasteiger charge is -2.28. The Morgan fingerprint density at radius 2 is 1.79 bits per heavy atom. The highest BCUT2D eigenvalue weighted by Gasteiger charge is 2.26. The van der Waals surface area contributed by atoms with Crippen LogP contribution in [0.25, 0.3) is 0 Å².